The summed E-state index contributed by atoms with van der Waals surface area (Å²) in [7, 11) is 0. The highest BCUT2D eigenvalue weighted by molar-refractivity contribution is 5.76. The van der Waals surface area contributed by atoms with Crippen LogP contribution in [-0.4, -0.2) is 11.9 Å². The van der Waals surface area contributed by atoms with Gasteiger partial charge in [-0.15, -0.1) is 0 Å². The van der Waals surface area contributed by atoms with E-state index >= 15 is 0 Å². The van der Waals surface area contributed by atoms with Crippen molar-refractivity contribution in [3.63, 3.8) is 0 Å². The fraction of sp³-hybridized carbons (Fsp3) is 0.667. The van der Waals surface area contributed by atoms with Crippen LogP contribution in [0.3, 0.4) is 0 Å². The number of carbonyl (C=O) groups is 1. The fourth-order valence-electron chi connectivity index (χ4n) is 0.881. The second-order valence-electron chi connectivity index (χ2n) is 2.16. The Morgan fingerprint density at radius 2 is 2.50 bits per heavy atom. The Hall–Kier alpha value is -0.530. The smallest absolute Gasteiger partial charge is 0.220 e. The van der Waals surface area contributed by atoms with Crippen molar-refractivity contribution in [3.05, 3.63) is 6.92 Å². The molecular formula is C6H10NO. The second-order valence-corrected chi connectivity index (χ2v) is 2.16. The molecule has 1 atom stereocenters. The maximum absolute atomic E-state index is 10.5. The molecule has 0 bridgehead atoms. The van der Waals surface area contributed by atoms with E-state index in [1.807, 2.05) is 0 Å². The molecule has 0 aromatic heterocycles. The van der Waals surface area contributed by atoms with Crippen molar-refractivity contribution in [1.29, 1.82) is 0 Å². The van der Waals surface area contributed by atoms with Gasteiger partial charge in [0.2, 0.25) is 5.91 Å². The van der Waals surface area contributed by atoms with Gasteiger partial charge in [-0.25, -0.2) is 0 Å². The lowest BCUT2D eigenvalue weighted by Crippen LogP contribution is -2.36. The van der Waals surface area contributed by atoms with Gasteiger partial charge in [-0.05, 0) is 19.8 Å². The van der Waals surface area contributed by atoms with Gasteiger partial charge in [-0.3, -0.25) is 4.79 Å². The molecule has 0 saturated carbocycles. The summed E-state index contributed by atoms with van der Waals surface area (Å²) >= 11 is 0. The van der Waals surface area contributed by atoms with Crippen LogP contribution in [-0.2, 0) is 4.79 Å². The molecule has 1 fully saturated rings. The number of amides is 1. The maximum atomic E-state index is 10.5. The summed E-state index contributed by atoms with van der Waals surface area (Å²) in [6.07, 6.45) is 2.72. The number of hydrogen-bond acceptors (Lipinski definition) is 1. The van der Waals surface area contributed by atoms with Crippen molar-refractivity contribution in [1.82, 2.24) is 5.32 Å². The van der Waals surface area contributed by atoms with E-state index in [1.165, 1.54) is 0 Å². The summed E-state index contributed by atoms with van der Waals surface area (Å²) in [4.78, 5) is 10.5. The van der Waals surface area contributed by atoms with Crippen molar-refractivity contribution in [3.8, 4) is 0 Å². The fourth-order valence-corrected chi connectivity index (χ4v) is 0.881. The molecule has 1 aliphatic heterocycles. The summed E-state index contributed by atoms with van der Waals surface area (Å²) in [5, 5.41) is 2.73. The molecule has 0 aromatic carbocycles. The molecular weight excluding hydrogens is 102 g/mol. The van der Waals surface area contributed by atoms with Crippen LogP contribution in [0.2, 0.25) is 0 Å². The van der Waals surface area contributed by atoms with Gasteiger partial charge in [0.25, 0.3) is 0 Å². The molecule has 1 aliphatic rings. The Balaban J connectivity index is 2.34. The van der Waals surface area contributed by atoms with Gasteiger partial charge >= 0.3 is 0 Å². The zero-order valence-electron chi connectivity index (χ0n) is 4.81. The summed E-state index contributed by atoms with van der Waals surface area (Å²) < 4.78 is 0. The lowest BCUT2D eigenvalue weighted by molar-refractivity contribution is -0.122. The third-order valence-corrected chi connectivity index (χ3v) is 1.32. The minimum atomic E-state index is 0.149. The zero-order valence-corrected chi connectivity index (χ0v) is 4.81. The predicted molar refractivity (Wildman–Crippen MR) is 31.1 cm³/mol. The molecule has 1 amide bonds. The van der Waals surface area contributed by atoms with E-state index in [-0.39, 0.29) is 11.9 Å². The molecule has 1 heterocycles. The molecule has 0 aromatic rings. The van der Waals surface area contributed by atoms with Crippen LogP contribution < -0.4 is 5.32 Å². The Labute approximate surface area is 49.3 Å². The minimum Gasteiger partial charge on any atom is -0.353 e. The van der Waals surface area contributed by atoms with Gasteiger partial charge in [0.1, 0.15) is 0 Å². The van der Waals surface area contributed by atoms with Crippen molar-refractivity contribution in [2.75, 3.05) is 0 Å². The first-order valence-electron chi connectivity index (χ1n) is 2.91. The van der Waals surface area contributed by atoms with E-state index < -0.39 is 0 Å². The zero-order chi connectivity index (χ0) is 5.98. The highest BCUT2D eigenvalue weighted by Gasteiger charge is 2.12. The summed E-state index contributed by atoms with van der Waals surface area (Å²) in [6.45, 7) is 3.72. The standard InChI is InChI=1S/C6H10NO/c1-5-3-2-4-6(8)7-5/h5H,1-4H2,(H,7,8)/t5-/m0/s1. The first-order chi connectivity index (χ1) is 3.79. The van der Waals surface area contributed by atoms with Crippen molar-refractivity contribution < 1.29 is 4.79 Å². The number of nitrogens with one attached hydrogen (secondary N) is 1. The molecule has 2 nitrogen and oxygen atoms in total. The van der Waals surface area contributed by atoms with Crippen LogP contribution >= 0.6 is 0 Å². The number of rotatable bonds is 0. The lowest BCUT2D eigenvalue weighted by atomic mass is 10.1. The van der Waals surface area contributed by atoms with E-state index in [1.54, 1.807) is 0 Å². The van der Waals surface area contributed by atoms with Gasteiger partial charge in [0.15, 0.2) is 0 Å². The predicted octanol–water partition coefficient (Wildman–Crippen LogP) is 0.489. The molecule has 2 heteroatoms. The third-order valence-electron chi connectivity index (χ3n) is 1.32. The number of piperidine rings is 1. The van der Waals surface area contributed by atoms with E-state index in [0.717, 1.165) is 12.8 Å². The van der Waals surface area contributed by atoms with Crippen molar-refractivity contribution in [2.24, 2.45) is 0 Å². The van der Waals surface area contributed by atoms with E-state index in [0.29, 0.717) is 6.42 Å². The van der Waals surface area contributed by atoms with Crippen LogP contribution in [0.5, 0.6) is 0 Å². The minimum absolute atomic E-state index is 0.149. The van der Waals surface area contributed by atoms with Gasteiger partial charge < -0.3 is 5.32 Å². The van der Waals surface area contributed by atoms with Crippen molar-refractivity contribution in [2.45, 2.75) is 25.3 Å². The Bertz CT molecular complexity index is 101. The lowest BCUT2D eigenvalue weighted by Gasteiger charge is -2.17. The van der Waals surface area contributed by atoms with Gasteiger partial charge in [-0.2, -0.15) is 0 Å². The Kier molecular flexibility index (Phi) is 1.51. The normalized spacial score (nSPS) is 29.6. The van der Waals surface area contributed by atoms with Crippen LogP contribution in [0.25, 0.3) is 0 Å². The number of hydrogen-bond donors (Lipinski definition) is 1. The molecule has 8 heavy (non-hydrogen) atoms. The highest BCUT2D eigenvalue weighted by Crippen LogP contribution is 2.05. The van der Waals surface area contributed by atoms with Gasteiger partial charge in [-0.1, -0.05) is 0 Å². The second kappa shape index (κ2) is 2.16. The monoisotopic (exact) mass is 112 g/mol. The Morgan fingerprint density at radius 1 is 1.75 bits per heavy atom. The highest BCUT2D eigenvalue weighted by atomic mass is 16.1. The van der Waals surface area contributed by atoms with E-state index in [4.69, 9.17) is 0 Å². The molecule has 1 N–H and O–H groups in total. The summed E-state index contributed by atoms with van der Waals surface area (Å²) in [6, 6.07) is 0.163. The molecule has 0 unspecified atom stereocenters. The molecule has 1 rings (SSSR count). The van der Waals surface area contributed by atoms with E-state index in [2.05, 4.69) is 12.2 Å². The first kappa shape index (κ1) is 5.60. The van der Waals surface area contributed by atoms with Gasteiger partial charge in [0, 0.05) is 12.5 Å². The average molecular weight is 112 g/mol. The molecule has 1 saturated heterocycles. The summed E-state index contributed by atoms with van der Waals surface area (Å²) in [5.41, 5.74) is 0. The maximum Gasteiger partial charge on any atom is 0.220 e. The van der Waals surface area contributed by atoms with Crippen LogP contribution in [0.15, 0.2) is 0 Å². The molecule has 0 aliphatic carbocycles. The Morgan fingerprint density at radius 3 is 2.88 bits per heavy atom. The summed E-state index contributed by atoms with van der Waals surface area (Å²) in [5.74, 6) is 0.149. The largest absolute Gasteiger partial charge is 0.353 e. The SMILES string of the molecule is [CH2][C@H]1CCCC(=O)N1. The van der Waals surface area contributed by atoms with Crippen LogP contribution in [0, 0.1) is 6.92 Å². The van der Waals surface area contributed by atoms with Crippen LogP contribution in [0.4, 0.5) is 0 Å². The van der Waals surface area contributed by atoms with Crippen molar-refractivity contribution >= 4 is 5.91 Å². The van der Waals surface area contributed by atoms with E-state index in [9.17, 15) is 4.79 Å². The molecule has 0 spiro atoms. The van der Waals surface area contributed by atoms with Gasteiger partial charge in [0.05, 0.1) is 0 Å². The first-order valence-corrected chi connectivity index (χ1v) is 2.91. The average Bonchev–Trinajstić information content (AvgIpc) is 1.64. The molecule has 1 radical (unpaired) electrons. The quantitative estimate of drug-likeness (QED) is 0.485. The molecule has 45 valence electrons. The third kappa shape index (κ3) is 1.22. The number of carbonyl (C=O) groups excluding carboxylic acids is 1. The van der Waals surface area contributed by atoms with Crippen LogP contribution in [0.1, 0.15) is 19.3 Å². The topological polar surface area (TPSA) is 29.1 Å².